The second-order valence-electron chi connectivity index (χ2n) is 8.78. The van der Waals surface area contributed by atoms with Crippen molar-refractivity contribution in [3.63, 3.8) is 0 Å². The normalized spacial score (nSPS) is 13.8. The minimum absolute atomic E-state index is 0.0510. The van der Waals surface area contributed by atoms with E-state index in [-0.39, 0.29) is 16.2 Å². The van der Waals surface area contributed by atoms with Gasteiger partial charge in [-0.25, -0.2) is 13.4 Å². The van der Waals surface area contributed by atoms with E-state index < -0.39 is 21.4 Å². The lowest BCUT2D eigenvalue weighted by molar-refractivity contribution is -0.116. The molecule has 184 valence electrons. The largest absolute Gasteiger partial charge is 0.358 e. The van der Waals surface area contributed by atoms with Crippen LogP contribution in [0.4, 0.5) is 0 Å². The van der Waals surface area contributed by atoms with Crippen molar-refractivity contribution in [2.75, 3.05) is 25.9 Å². The number of carbonyl (C=O) groups is 1. The van der Waals surface area contributed by atoms with Crippen molar-refractivity contribution in [1.29, 1.82) is 0 Å². The van der Waals surface area contributed by atoms with Crippen molar-refractivity contribution in [3.05, 3.63) is 87.3 Å². The number of ketones is 1. The first-order valence-electron chi connectivity index (χ1n) is 11.4. The zero-order chi connectivity index (χ0) is 25.4. The quantitative estimate of drug-likeness (QED) is 0.371. The van der Waals surface area contributed by atoms with Crippen LogP contribution in [0.1, 0.15) is 16.0 Å². The van der Waals surface area contributed by atoms with Gasteiger partial charge in [0.15, 0.2) is 15.6 Å². The van der Waals surface area contributed by atoms with Gasteiger partial charge in [-0.1, -0.05) is 12.1 Å². The van der Waals surface area contributed by atoms with Crippen molar-refractivity contribution in [3.8, 4) is 5.82 Å². The summed E-state index contributed by atoms with van der Waals surface area (Å²) < 4.78 is 26.6. The number of hydrogen-bond acceptors (Lipinski definition) is 8. The predicted molar refractivity (Wildman–Crippen MR) is 141 cm³/mol. The zero-order valence-electron chi connectivity index (χ0n) is 19.8. The molecule has 0 bridgehead atoms. The van der Waals surface area contributed by atoms with Crippen LogP contribution in [0.2, 0.25) is 0 Å². The van der Waals surface area contributed by atoms with Gasteiger partial charge in [-0.15, -0.1) is 11.3 Å². The maximum Gasteiger partial charge on any atom is 0.264 e. The van der Waals surface area contributed by atoms with Crippen molar-refractivity contribution in [1.82, 2.24) is 14.5 Å². The molecule has 1 aliphatic rings. The molecule has 4 aromatic rings. The van der Waals surface area contributed by atoms with Gasteiger partial charge in [-0.2, -0.15) is 0 Å². The first-order chi connectivity index (χ1) is 17.2. The maximum absolute atomic E-state index is 13.1. The lowest BCUT2D eigenvalue weighted by Crippen LogP contribution is -2.23. The number of carbonyl (C=O) groups excluding carboxylic acids is 1. The van der Waals surface area contributed by atoms with E-state index in [9.17, 15) is 18.0 Å². The molecular weight excluding hydrogens is 496 g/mol. The topological polar surface area (TPSA) is 102 Å². The molecule has 0 N–H and O–H groups in total. The highest BCUT2D eigenvalue weighted by atomic mass is 32.2. The molecule has 0 atom stereocenters. The van der Waals surface area contributed by atoms with E-state index in [4.69, 9.17) is 0 Å². The molecule has 8 nitrogen and oxygen atoms in total. The summed E-state index contributed by atoms with van der Waals surface area (Å²) in [5, 5.41) is 1.39. The minimum atomic E-state index is -3.66. The molecule has 0 spiro atoms. The molecule has 0 radical (unpaired) electrons. The number of likely N-dealkylation sites (N-methyl/N-ethyl adjacent to an activating group) is 1. The zero-order valence-corrected chi connectivity index (χ0v) is 21.5. The Morgan fingerprint density at radius 1 is 1.11 bits per heavy atom. The summed E-state index contributed by atoms with van der Waals surface area (Å²) in [7, 11) is -1.65. The summed E-state index contributed by atoms with van der Waals surface area (Å²) in [5.41, 5.74) is 1.36. The van der Waals surface area contributed by atoms with Crippen LogP contribution < -0.4 is 5.56 Å². The fourth-order valence-electron chi connectivity index (χ4n) is 4.22. The molecule has 3 aromatic heterocycles. The van der Waals surface area contributed by atoms with Crippen molar-refractivity contribution in [2.45, 2.75) is 17.6 Å². The van der Waals surface area contributed by atoms with E-state index in [1.165, 1.54) is 16.8 Å². The molecule has 36 heavy (non-hydrogen) atoms. The molecule has 0 aliphatic carbocycles. The molecule has 10 heteroatoms. The van der Waals surface area contributed by atoms with Crippen LogP contribution in [0.25, 0.3) is 16.6 Å². The molecule has 1 aliphatic heterocycles. The number of benzene rings is 1. The highest BCUT2D eigenvalue weighted by Crippen LogP contribution is 2.22. The lowest BCUT2D eigenvalue weighted by Gasteiger charge is -2.14. The molecule has 0 saturated carbocycles. The SMILES string of the molecule is Cc1ccc(S(=O)(=O)CC(=O)Cc2ccc(-n3ccc4cc(C5=NCCN5C)ccc4c3=O)nc2)s1. The standard InChI is InChI=1S/C26H24N4O4S2/c1-17-3-8-24(35-17)36(33,34)16-21(31)13-18-4-7-23(28-15-18)30-11-9-19-14-20(5-6-22(19)26(30)32)25-27-10-12-29(25)2/h3-9,11,14-15H,10,12-13,16H2,1-2H3. The van der Waals surface area contributed by atoms with Crippen LogP contribution in [-0.2, 0) is 21.1 Å². The van der Waals surface area contributed by atoms with Gasteiger partial charge < -0.3 is 4.90 Å². The number of thiophene rings is 1. The van der Waals surface area contributed by atoms with Crippen molar-refractivity contribution >= 4 is 43.6 Å². The van der Waals surface area contributed by atoms with E-state index >= 15 is 0 Å². The number of rotatable bonds is 7. The number of nitrogens with zero attached hydrogens (tertiary/aromatic N) is 4. The predicted octanol–water partition coefficient (Wildman–Crippen LogP) is 3.03. The molecular formula is C26H24N4O4S2. The summed E-state index contributed by atoms with van der Waals surface area (Å²) in [4.78, 5) is 37.4. The van der Waals surface area contributed by atoms with Crippen LogP contribution in [-0.4, -0.2) is 60.4 Å². The van der Waals surface area contributed by atoms with Crippen LogP contribution in [0.3, 0.4) is 0 Å². The Balaban J connectivity index is 1.33. The number of aliphatic imine (C=N–C) groups is 1. The fraction of sp³-hybridized carbons (Fsp3) is 0.231. The van der Waals surface area contributed by atoms with Gasteiger partial charge in [0.2, 0.25) is 0 Å². The average Bonchev–Trinajstić information content (AvgIpc) is 3.48. The summed E-state index contributed by atoms with van der Waals surface area (Å²) >= 11 is 1.16. The van der Waals surface area contributed by atoms with E-state index in [2.05, 4.69) is 14.9 Å². The number of hydrogen-bond donors (Lipinski definition) is 0. The Hall–Kier alpha value is -3.63. The van der Waals surface area contributed by atoms with Gasteiger partial charge >= 0.3 is 0 Å². The van der Waals surface area contributed by atoms with Gasteiger partial charge in [0.1, 0.15) is 21.6 Å². The number of Topliss-reactive ketones (excluding diaryl/α,β-unsaturated/α-hetero) is 1. The Labute approximate surface area is 212 Å². The first kappa shape index (κ1) is 24.1. The monoisotopic (exact) mass is 520 g/mol. The van der Waals surface area contributed by atoms with Crippen molar-refractivity contribution in [2.24, 2.45) is 4.99 Å². The highest BCUT2D eigenvalue weighted by molar-refractivity contribution is 7.94. The fourth-order valence-corrected chi connectivity index (χ4v) is 6.83. The van der Waals surface area contributed by atoms with Crippen molar-refractivity contribution < 1.29 is 13.2 Å². The van der Waals surface area contributed by atoms with Gasteiger partial charge in [0.05, 0.1) is 6.54 Å². The molecule has 4 heterocycles. The third-order valence-electron chi connectivity index (χ3n) is 6.05. The highest BCUT2D eigenvalue weighted by Gasteiger charge is 2.21. The summed E-state index contributed by atoms with van der Waals surface area (Å²) in [6.45, 7) is 3.47. The Morgan fingerprint density at radius 2 is 1.94 bits per heavy atom. The lowest BCUT2D eigenvalue weighted by atomic mass is 10.1. The summed E-state index contributed by atoms with van der Waals surface area (Å²) in [6, 6.07) is 14.1. The first-order valence-corrected chi connectivity index (χ1v) is 13.9. The second-order valence-corrected chi connectivity index (χ2v) is 12.3. The van der Waals surface area contributed by atoms with Gasteiger partial charge in [0.25, 0.3) is 5.56 Å². The molecule has 1 aromatic carbocycles. The van der Waals surface area contributed by atoms with Gasteiger partial charge in [-0.3, -0.25) is 19.1 Å². The molecule has 5 rings (SSSR count). The number of aromatic nitrogens is 2. The Kier molecular flexibility index (Phi) is 6.31. The number of fused-ring (bicyclic) bond motifs is 1. The molecule has 0 saturated heterocycles. The van der Waals surface area contributed by atoms with Gasteiger partial charge in [0, 0.05) is 48.2 Å². The summed E-state index contributed by atoms with van der Waals surface area (Å²) in [6.07, 6.45) is 3.13. The van der Waals surface area contributed by atoms with Crippen LogP contribution in [0.15, 0.2) is 74.9 Å². The third kappa shape index (κ3) is 4.74. The number of aryl methyl sites for hydroxylation is 1. The Bertz CT molecular complexity index is 1670. The molecule has 0 amide bonds. The average molecular weight is 521 g/mol. The Morgan fingerprint density at radius 3 is 2.61 bits per heavy atom. The van der Waals surface area contributed by atoms with Crippen LogP contribution >= 0.6 is 11.3 Å². The minimum Gasteiger partial charge on any atom is -0.358 e. The number of sulfone groups is 1. The smallest absolute Gasteiger partial charge is 0.264 e. The molecule has 0 fully saturated rings. The number of amidine groups is 1. The van der Waals surface area contributed by atoms with Crippen LogP contribution in [0, 0.1) is 6.92 Å². The maximum atomic E-state index is 13.1. The van der Waals surface area contributed by atoms with Gasteiger partial charge in [-0.05, 0) is 54.3 Å². The van der Waals surface area contributed by atoms with E-state index in [1.807, 2.05) is 32.2 Å². The van der Waals surface area contributed by atoms with Crippen LogP contribution in [0.5, 0.6) is 0 Å². The van der Waals surface area contributed by atoms with E-state index in [0.29, 0.717) is 16.8 Å². The van der Waals surface area contributed by atoms with E-state index in [1.54, 1.807) is 30.5 Å². The third-order valence-corrected chi connectivity index (χ3v) is 9.31. The summed E-state index contributed by atoms with van der Waals surface area (Å²) in [5.74, 6) is 0.380. The molecule has 0 unspecified atom stereocenters. The second kappa shape index (κ2) is 9.44. The van der Waals surface area contributed by atoms with E-state index in [0.717, 1.165) is 46.1 Å². The number of pyridine rings is 2.